The predicted molar refractivity (Wildman–Crippen MR) is 129 cm³/mol. The highest BCUT2D eigenvalue weighted by atomic mass is 79.9. The Morgan fingerprint density at radius 2 is 1.84 bits per heavy atom. The molecule has 1 N–H and O–H groups in total. The fraction of sp³-hybridized carbons (Fsp3) is 0.348. The number of hydrogen-bond donors (Lipinski definition) is 1. The van der Waals surface area contributed by atoms with E-state index in [4.69, 9.17) is 4.74 Å². The van der Waals surface area contributed by atoms with E-state index in [-0.39, 0.29) is 11.7 Å². The number of rotatable bonds is 9. The van der Waals surface area contributed by atoms with Gasteiger partial charge in [0.05, 0.1) is 5.75 Å². The van der Waals surface area contributed by atoms with E-state index < -0.39 is 0 Å². The van der Waals surface area contributed by atoms with Gasteiger partial charge in [0.15, 0.2) is 11.0 Å². The van der Waals surface area contributed by atoms with Crippen molar-refractivity contribution in [1.82, 2.24) is 14.8 Å². The van der Waals surface area contributed by atoms with Crippen molar-refractivity contribution in [2.75, 3.05) is 11.1 Å². The van der Waals surface area contributed by atoms with Crippen LogP contribution in [0.4, 0.5) is 5.69 Å². The van der Waals surface area contributed by atoms with E-state index >= 15 is 0 Å². The van der Waals surface area contributed by atoms with Crippen LogP contribution < -0.4 is 10.1 Å². The van der Waals surface area contributed by atoms with E-state index in [9.17, 15) is 4.79 Å². The van der Waals surface area contributed by atoms with Gasteiger partial charge in [0, 0.05) is 16.7 Å². The first-order valence-electron chi connectivity index (χ1n) is 10.2. The van der Waals surface area contributed by atoms with Gasteiger partial charge in [-0.25, -0.2) is 0 Å². The molecule has 0 saturated heterocycles. The number of nitrogens with one attached hydrogen (secondary N) is 1. The van der Waals surface area contributed by atoms with Gasteiger partial charge in [-0.1, -0.05) is 46.7 Å². The predicted octanol–water partition coefficient (Wildman–Crippen LogP) is 5.55. The van der Waals surface area contributed by atoms with Crippen LogP contribution in [0.3, 0.4) is 0 Å². The third-order valence-corrected chi connectivity index (χ3v) is 6.96. The second kappa shape index (κ2) is 10.8. The summed E-state index contributed by atoms with van der Waals surface area (Å²) >= 11 is 4.89. The molecule has 2 aromatic carbocycles. The maximum absolute atomic E-state index is 12.5. The molecule has 1 heterocycles. The van der Waals surface area contributed by atoms with E-state index in [2.05, 4.69) is 50.5 Å². The summed E-state index contributed by atoms with van der Waals surface area (Å²) in [4.78, 5) is 12.5. The maximum Gasteiger partial charge on any atom is 0.234 e. The fourth-order valence-electron chi connectivity index (χ4n) is 3.06. The number of ether oxygens (including phenoxy) is 1. The number of hydrogen-bond acceptors (Lipinski definition) is 5. The lowest BCUT2D eigenvalue weighted by molar-refractivity contribution is -0.113. The van der Waals surface area contributed by atoms with Crippen LogP contribution in [0, 0.1) is 13.8 Å². The average molecular weight is 503 g/mol. The maximum atomic E-state index is 12.5. The summed E-state index contributed by atoms with van der Waals surface area (Å²) in [5.74, 6) is 1.72. The van der Waals surface area contributed by atoms with E-state index in [1.165, 1.54) is 17.3 Å². The zero-order valence-corrected chi connectivity index (χ0v) is 20.6. The second-order valence-electron chi connectivity index (χ2n) is 7.11. The summed E-state index contributed by atoms with van der Waals surface area (Å²) in [5.41, 5.74) is 4.27. The first-order valence-corrected chi connectivity index (χ1v) is 12.0. The monoisotopic (exact) mass is 502 g/mol. The number of aromatic nitrogens is 3. The van der Waals surface area contributed by atoms with Crippen molar-refractivity contribution in [3.05, 3.63) is 63.4 Å². The Hall–Kier alpha value is -2.32. The number of thioether (sulfide) groups is 1. The topological polar surface area (TPSA) is 69.0 Å². The molecule has 0 aliphatic rings. The summed E-state index contributed by atoms with van der Waals surface area (Å²) in [6, 6.07) is 11.9. The number of carbonyl (C=O) groups is 1. The SMILES string of the molecule is CCc1ccc(OCc2nnc(SCC(=O)Nc3ccc(Br)c(C)c3C)n2CC)cc1. The minimum atomic E-state index is -0.0747. The molecule has 3 rings (SSSR count). The van der Waals surface area contributed by atoms with Gasteiger partial charge in [-0.05, 0) is 68.1 Å². The molecule has 0 spiro atoms. The van der Waals surface area contributed by atoms with Crippen molar-refractivity contribution in [3.8, 4) is 5.75 Å². The highest BCUT2D eigenvalue weighted by Crippen LogP contribution is 2.26. The van der Waals surface area contributed by atoms with Crippen LogP contribution in [0.25, 0.3) is 0 Å². The van der Waals surface area contributed by atoms with Crippen molar-refractivity contribution in [3.63, 3.8) is 0 Å². The lowest BCUT2D eigenvalue weighted by Gasteiger charge is -2.12. The molecular weight excluding hydrogens is 476 g/mol. The molecule has 0 fully saturated rings. The van der Waals surface area contributed by atoms with Gasteiger partial charge >= 0.3 is 0 Å². The molecule has 0 radical (unpaired) electrons. The molecule has 8 heteroatoms. The molecule has 1 amide bonds. The molecule has 0 bridgehead atoms. The Bertz CT molecular complexity index is 1050. The number of nitrogens with zero attached hydrogens (tertiary/aromatic N) is 3. The third kappa shape index (κ3) is 5.89. The summed E-state index contributed by atoms with van der Waals surface area (Å²) in [7, 11) is 0. The van der Waals surface area contributed by atoms with Gasteiger partial charge in [-0.2, -0.15) is 0 Å². The summed E-state index contributed by atoms with van der Waals surface area (Å²) < 4.78 is 8.88. The third-order valence-electron chi connectivity index (χ3n) is 5.14. The summed E-state index contributed by atoms with van der Waals surface area (Å²) in [6.45, 7) is 9.21. The van der Waals surface area contributed by atoms with E-state index in [1.807, 2.05) is 49.6 Å². The van der Waals surface area contributed by atoms with Crippen LogP contribution >= 0.6 is 27.7 Å². The molecule has 6 nitrogen and oxygen atoms in total. The number of aryl methyl sites for hydroxylation is 1. The molecule has 0 saturated carbocycles. The zero-order chi connectivity index (χ0) is 22.4. The number of benzene rings is 2. The first-order chi connectivity index (χ1) is 14.9. The molecule has 164 valence electrons. The fourth-order valence-corrected chi connectivity index (χ4v) is 4.31. The molecule has 0 unspecified atom stereocenters. The van der Waals surface area contributed by atoms with Crippen LogP contribution in [0.15, 0.2) is 46.0 Å². The van der Waals surface area contributed by atoms with Gasteiger partial charge in [0.25, 0.3) is 0 Å². The Balaban J connectivity index is 1.58. The van der Waals surface area contributed by atoms with Crippen LogP contribution in [0.5, 0.6) is 5.75 Å². The van der Waals surface area contributed by atoms with Gasteiger partial charge < -0.3 is 14.6 Å². The van der Waals surface area contributed by atoms with Crippen molar-refractivity contribution in [2.24, 2.45) is 0 Å². The molecule has 0 aliphatic carbocycles. The molecule has 3 aromatic rings. The Labute approximate surface area is 195 Å². The highest BCUT2D eigenvalue weighted by molar-refractivity contribution is 9.10. The van der Waals surface area contributed by atoms with E-state index in [0.717, 1.165) is 39.3 Å². The molecule has 31 heavy (non-hydrogen) atoms. The summed E-state index contributed by atoms with van der Waals surface area (Å²) in [5, 5.41) is 12.2. The van der Waals surface area contributed by atoms with Crippen molar-refractivity contribution >= 4 is 39.3 Å². The number of halogens is 1. The van der Waals surface area contributed by atoms with Crippen LogP contribution in [-0.2, 0) is 24.4 Å². The Kier molecular flexibility index (Phi) is 8.15. The van der Waals surface area contributed by atoms with Crippen molar-refractivity contribution < 1.29 is 9.53 Å². The number of amides is 1. The molecule has 0 atom stereocenters. The van der Waals surface area contributed by atoms with Crippen LogP contribution in [0.2, 0.25) is 0 Å². The second-order valence-corrected chi connectivity index (χ2v) is 8.91. The number of anilines is 1. The van der Waals surface area contributed by atoms with E-state index in [1.54, 1.807) is 0 Å². The van der Waals surface area contributed by atoms with Crippen LogP contribution in [0.1, 0.15) is 36.4 Å². The largest absolute Gasteiger partial charge is 0.486 e. The lowest BCUT2D eigenvalue weighted by Crippen LogP contribution is -2.16. The minimum Gasteiger partial charge on any atom is -0.486 e. The molecule has 0 aliphatic heterocycles. The normalized spacial score (nSPS) is 10.9. The molecular formula is C23H27BrN4O2S. The van der Waals surface area contributed by atoms with E-state index in [0.29, 0.717) is 18.3 Å². The van der Waals surface area contributed by atoms with Gasteiger partial charge in [0.1, 0.15) is 12.4 Å². The van der Waals surface area contributed by atoms with Gasteiger partial charge in [0.2, 0.25) is 5.91 Å². The zero-order valence-electron chi connectivity index (χ0n) is 18.2. The smallest absolute Gasteiger partial charge is 0.234 e. The summed E-state index contributed by atoms with van der Waals surface area (Å²) in [6.07, 6.45) is 1.000. The van der Waals surface area contributed by atoms with Gasteiger partial charge in [-0.15, -0.1) is 10.2 Å². The Morgan fingerprint density at radius 3 is 2.52 bits per heavy atom. The lowest BCUT2D eigenvalue weighted by atomic mass is 10.1. The van der Waals surface area contributed by atoms with Crippen molar-refractivity contribution in [1.29, 1.82) is 0 Å². The Morgan fingerprint density at radius 1 is 1.10 bits per heavy atom. The quantitative estimate of drug-likeness (QED) is 0.388. The first kappa shape index (κ1) is 23.3. The van der Waals surface area contributed by atoms with Crippen molar-refractivity contribution in [2.45, 2.75) is 52.4 Å². The van der Waals surface area contributed by atoms with Gasteiger partial charge in [-0.3, -0.25) is 4.79 Å². The van der Waals surface area contributed by atoms with Crippen LogP contribution in [-0.4, -0.2) is 26.4 Å². The highest BCUT2D eigenvalue weighted by Gasteiger charge is 2.15. The molecule has 1 aromatic heterocycles. The average Bonchev–Trinajstić information content (AvgIpc) is 3.18. The minimum absolute atomic E-state index is 0.0747. The number of carbonyl (C=O) groups excluding carboxylic acids is 1. The standard InChI is InChI=1S/C23H27BrN4O2S/c1-5-17-7-9-18(10-8-17)30-13-21-26-27-23(28(21)6-2)31-14-22(29)25-20-12-11-19(24)15(3)16(20)4/h7-12H,5-6,13-14H2,1-4H3,(H,25,29).